The first-order valence-electron chi connectivity index (χ1n) is 11.3. The van der Waals surface area contributed by atoms with E-state index in [1.807, 2.05) is 0 Å². The monoisotopic (exact) mass is 592 g/mol. The number of aryl methyl sites for hydroxylation is 2. The van der Waals surface area contributed by atoms with Crippen LogP contribution in [0.4, 0.5) is 23.0 Å². The minimum Gasteiger partial charge on any atom is -0.461 e. The fourth-order valence-corrected chi connectivity index (χ4v) is 4.56. The topological polar surface area (TPSA) is 177 Å². The van der Waals surface area contributed by atoms with Gasteiger partial charge in [0, 0.05) is 5.69 Å². The van der Waals surface area contributed by atoms with Crippen molar-refractivity contribution < 1.29 is 17.7 Å². The molecule has 0 aliphatic rings. The summed E-state index contributed by atoms with van der Waals surface area (Å²) in [5.74, 6) is 0.00705. The fraction of sp³-hybridized carbons (Fsp3) is 0.217. The Kier molecular flexibility index (Phi) is 8.02. The van der Waals surface area contributed by atoms with E-state index in [1.54, 1.807) is 45.9 Å². The van der Waals surface area contributed by atoms with Crippen LogP contribution >= 0.6 is 23.2 Å². The molecule has 13 nitrogen and oxygen atoms in total. The highest BCUT2D eigenvalue weighted by Crippen LogP contribution is 2.31. The summed E-state index contributed by atoms with van der Waals surface area (Å²) in [6.45, 7) is 6.96. The molecule has 4 rings (SSSR count). The van der Waals surface area contributed by atoms with Crippen molar-refractivity contribution >= 4 is 56.3 Å². The largest absolute Gasteiger partial charge is 0.461 e. The van der Waals surface area contributed by atoms with Crippen LogP contribution in [0.3, 0.4) is 0 Å². The second-order valence-electron chi connectivity index (χ2n) is 8.49. The molecule has 0 radical (unpaired) electrons. The van der Waals surface area contributed by atoms with Gasteiger partial charge in [-0.15, -0.1) is 10.2 Å². The lowest BCUT2D eigenvalue weighted by atomic mass is 10.2. The smallest absolute Gasteiger partial charge is 0.322 e. The molecule has 2 aromatic heterocycles. The Hall–Kier alpha value is -3.85. The first kappa shape index (κ1) is 28.2. The van der Waals surface area contributed by atoms with Gasteiger partial charge in [0.2, 0.25) is 11.2 Å². The zero-order valence-electron chi connectivity index (χ0n) is 21.0. The highest BCUT2D eigenvalue weighted by Gasteiger charge is 2.19. The number of ether oxygens (including phenoxy) is 1. The number of aromatic amines is 1. The van der Waals surface area contributed by atoms with Crippen LogP contribution in [0.1, 0.15) is 25.1 Å². The Bertz CT molecular complexity index is 1730. The van der Waals surface area contributed by atoms with Gasteiger partial charge in [-0.05, 0) is 69.1 Å². The molecule has 0 fully saturated rings. The van der Waals surface area contributed by atoms with Gasteiger partial charge in [0.1, 0.15) is 10.6 Å². The number of hydrogen-bond acceptors (Lipinski definition) is 10. The molecule has 4 aromatic rings. The lowest BCUT2D eigenvalue weighted by Crippen LogP contribution is -2.15. The number of aromatic nitrogens is 5. The molecule has 0 aliphatic carbocycles. The van der Waals surface area contributed by atoms with Crippen LogP contribution in [0.5, 0.6) is 6.01 Å². The van der Waals surface area contributed by atoms with Crippen LogP contribution in [-0.4, -0.2) is 43.8 Å². The second-order valence-corrected chi connectivity index (χ2v) is 10.6. The number of nitrogens with one attached hydrogen (secondary N) is 2. The van der Waals surface area contributed by atoms with E-state index in [9.17, 15) is 17.8 Å². The van der Waals surface area contributed by atoms with Gasteiger partial charge < -0.3 is 10.1 Å². The number of hydrogen-bond donors (Lipinski definition) is 3. The summed E-state index contributed by atoms with van der Waals surface area (Å²) in [4.78, 5) is 24.6. The molecule has 204 valence electrons. The molecule has 0 saturated carbocycles. The van der Waals surface area contributed by atoms with Gasteiger partial charge in [0.15, 0.2) is 5.69 Å². The van der Waals surface area contributed by atoms with Gasteiger partial charge in [-0.25, -0.2) is 4.68 Å². The van der Waals surface area contributed by atoms with E-state index < -0.39 is 20.6 Å². The summed E-state index contributed by atoms with van der Waals surface area (Å²) in [5, 5.41) is 13.9. The third-order valence-electron chi connectivity index (χ3n) is 5.13. The Morgan fingerprint density at radius 2 is 1.85 bits per heavy atom. The van der Waals surface area contributed by atoms with Gasteiger partial charge in [-0.3, -0.25) is 14.4 Å². The maximum absolute atomic E-state index is 13.1. The molecular weight excluding hydrogens is 571 g/mol. The van der Waals surface area contributed by atoms with Crippen molar-refractivity contribution in [3.8, 4) is 11.7 Å². The van der Waals surface area contributed by atoms with Crippen LogP contribution in [0.2, 0.25) is 10.3 Å². The second kappa shape index (κ2) is 11.1. The van der Waals surface area contributed by atoms with Crippen molar-refractivity contribution in [3.05, 3.63) is 68.3 Å². The molecule has 3 N–H and O–H groups in total. The Balaban J connectivity index is 1.74. The molecule has 39 heavy (non-hydrogen) atoms. The summed E-state index contributed by atoms with van der Waals surface area (Å²) >= 11 is 12.3. The predicted octanol–water partition coefficient (Wildman–Crippen LogP) is 5.47. The molecule has 0 amide bonds. The predicted molar refractivity (Wildman–Crippen MR) is 145 cm³/mol. The Labute approximate surface area is 232 Å². The lowest BCUT2D eigenvalue weighted by Gasteiger charge is -2.10. The van der Waals surface area contributed by atoms with Crippen LogP contribution in [0, 0.1) is 13.8 Å². The minimum atomic E-state index is -4.70. The van der Waals surface area contributed by atoms with Gasteiger partial charge in [-0.1, -0.05) is 23.7 Å². The highest BCUT2D eigenvalue weighted by atomic mass is 35.5. The van der Waals surface area contributed by atoms with Gasteiger partial charge in [0.25, 0.3) is 15.7 Å². The number of rotatable bonds is 8. The summed E-state index contributed by atoms with van der Waals surface area (Å²) in [7, 11) is -4.70. The Morgan fingerprint density at radius 3 is 2.51 bits per heavy atom. The molecule has 2 heterocycles. The SMILES string of the molecule is Cc1cccc(Cl)c1-n1[nH]c(C)c(N=Nc2cc(Nc3nc(Cl)nc(OC(C)C)n3)ccc2S(=O)(=O)O)c1=O. The highest BCUT2D eigenvalue weighted by molar-refractivity contribution is 7.86. The molecule has 0 unspecified atom stereocenters. The van der Waals surface area contributed by atoms with E-state index in [1.165, 1.54) is 16.8 Å². The first-order valence-corrected chi connectivity index (χ1v) is 13.5. The van der Waals surface area contributed by atoms with E-state index >= 15 is 0 Å². The summed E-state index contributed by atoms with van der Waals surface area (Å²) < 4.78 is 40.4. The van der Waals surface area contributed by atoms with Gasteiger partial charge in [-0.2, -0.15) is 23.4 Å². The summed E-state index contributed by atoms with van der Waals surface area (Å²) in [5.41, 5.74) is 0.882. The molecule has 16 heteroatoms. The molecule has 0 spiro atoms. The van der Waals surface area contributed by atoms with Crippen LogP contribution in [0.25, 0.3) is 5.69 Å². The average molecular weight is 593 g/mol. The summed E-state index contributed by atoms with van der Waals surface area (Å²) in [6.07, 6.45) is -0.222. The van der Waals surface area contributed by atoms with Crippen LogP contribution < -0.4 is 15.6 Å². The zero-order chi connectivity index (χ0) is 28.5. The lowest BCUT2D eigenvalue weighted by molar-refractivity contribution is 0.222. The van der Waals surface area contributed by atoms with Crippen molar-refractivity contribution in [1.29, 1.82) is 0 Å². The number of halogens is 2. The molecule has 0 atom stereocenters. The van der Waals surface area contributed by atoms with Crippen molar-refractivity contribution in [2.45, 2.75) is 38.7 Å². The number of anilines is 2. The third-order valence-corrected chi connectivity index (χ3v) is 6.51. The van der Waals surface area contributed by atoms with Crippen molar-refractivity contribution in [2.24, 2.45) is 10.2 Å². The zero-order valence-corrected chi connectivity index (χ0v) is 23.3. The number of azo groups is 1. The summed E-state index contributed by atoms with van der Waals surface area (Å²) in [6, 6.07) is 8.89. The number of benzene rings is 2. The van der Waals surface area contributed by atoms with Crippen LogP contribution in [0.15, 0.2) is 56.3 Å². The number of H-pyrrole nitrogens is 1. The Morgan fingerprint density at radius 1 is 1.10 bits per heavy atom. The normalized spacial score (nSPS) is 11.9. The molecule has 0 aliphatic heterocycles. The van der Waals surface area contributed by atoms with E-state index in [0.29, 0.717) is 16.4 Å². The fourth-order valence-electron chi connectivity index (χ4n) is 3.49. The number of para-hydroxylation sites is 1. The molecule has 0 saturated heterocycles. The molecular formula is C23H22Cl2N8O5S. The molecule has 0 bridgehead atoms. The van der Waals surface area contributed by atoms with E-state index in [-0.39, 0.29) is 40.4 Å². The number of nitrogens with zero attached hydrogens (tertiary/aromatic N) is 6. The van der Waals surface area contributed by atoms with E-state index in [0.717, 1.165) is 11.6 Å². The average Bonchev–Trinajstić information content (AvgIpc) is 3.09. The van der Waals surface area contributed by atoms with E-state index in [4.69, 9.17) is 27.9 Å². The van der Waals surface area contributed by atoms with Crippen molar-refractivity contribution in [2.75, 3.05) is 5.32 Å². The van der Waals surface area contributed by atoms with Crippen LogP contribution in [-0.2, 0) is 10.1 Å². The molecule has 2 aromatic carbocycles. The maximum Gasteiger partial charge on any atom is 0.322 e. The first-order chi connectivity index (χ1) is 18.3. The minimum absolute atomic E-state index is 0.00705. The van der Waals surface area contributed by atoms with Gasteiger partial charge in [0.05, 0.1) is 22.5 Å². The standard InChI is InChI=1S/C23H22Cl2N8O5S/c1-11(2)38-23-28-21(25)27-22(29-23)26-14-8-9-17(39(35,36)37)16(10-14)30-31-18-13(4)32-33(20(18)34)19-12(3)6-5-7-15(19)24/h5-11,32H,1-4H3,(H,35,36,37)(H,26,27,28,29). The maximum atomic E-state index is 13.1. The third kappa shape index (κ3) is 6.42. The van der Waals surface area contributed by atoms with Crippen molar-refractivity contribution in [1.82, 2.24) is 24.7 Å². The quantitative estimate of drug-likeness (QED) is 0.177. The van der Waals surface area contributed by atoms with Gasteiger partial charge >= 0.3 is 6.01 Å². The van der Waals surface area contributed by atoms with Crippen molar-refractivity contribution in [3.63, 3.8) is 0 Å². The van der Waals surface area contributed by atoms with E-state index in [2.05, 4.69) is 35.6 Å².